The fraction of sp³-hybridized carbons (Fsp3) is 0.125. The van der Waals surface area contributed by atoms with Crippen molar-refractivity contribution < 1.29 is 13.6 Å². The summed E-state index contributed by atoms with van der Waals surface area (Å²) < 4.78 is 20.7. The molecule has 1 rings (SSSR count). The number of hydrogen-bond acceptors (Lipinski definition) is 3. The van der Waals surface area contributed by atoms with Crippen molar-refractivity contribution in [1.29, 1.82) is 0 Å². The summed E-state index contributed by atoms with van der Waals surface area (Å²) in [6.07, 6.45) is 0. The lowest BCUT2D eigenvalue weighted by Crippen LogP contribution is -1.96. The van der Waals surface area contributed by atoms with E-state index in [2.05, 4.69) is 0 Å². The summed E-state index contributed by atoms with van der Waals surface area (Å²) in [6, 6.07) is 6.22. The van der Waals surface area contributed by atoms with Gasteiger partial charge in [0, 0.05) is 11.3 Å². The van der Waals surface area contributed by atoms with Crippen molar-refractivity contribution in [2.24, 2.45) is 0 Å². The maximum Gasteiger partial charge on any atom is 0.252 e. The fourth-order valence-corrected chi connectivity index (χ4v) is 1.49. The van der Waals surface area contributed by atoms with Gasteiger partial charge < -0.3 is 4.55 Å². The lowest BCUT2D eigenvalue weighted by atomic mass is 10.2. The quantitative estimate of drug-likeness (QED) is 0.569. The predicted octanol–water partition coefficient (Wildman–Crippen LogP) is 1.44. The van der Waals surface area contributed by atoms with Crippen molar-refractivity contribution in [2.45, 2.75) is 5.75 Å². The average molecular weight is 218 g/mol. The average Bonchev–Trinajstić information content (AvgIpc) is 2.03. The van der Waals surface area contributed by atoms with Crippen LogP contribution in [0.4, 0.5) is 0 Å². The number of halogens is 1. The van der Waals surface area contributed by atoms with E-state index in [-0.39, 0.29) is 5.75 Å². The molecule has 0 N–H and O–H groups in total. The first-order valence-electron chi connectivity index (χ1n) is 3.44. The largest absolute Gasteiger partial charge is 0.772 e. The molecule has 0 heterocycles. The zero-order valence-electron chi connectivity index (χ0n) is 6.53. The molecule has 0 saturated heterocycles. The monoisotopic (exact) mass is 217 g/mol. The normalized spacial score (nSPS) is 12.5. The van der Waals surface area contributed by atoms with Crippen molar-refractivity contribution in [3.63, 3.8) is 0 Å². The number of benzene rings is 1. The van der Waals surface area contributed by atoms with Crippen molar-refractivity contribution in [3.05, 3.63) is 35.4 Å². The summed E-state index contributed by atoms with van der Waals surface area (Å²) in [5, 5.41) is -0.585. The molecule has 0 aliphatic rings. The van der Waals surface area contributed by atoms with E-state index >= 15 is 0 Å². The SMILES string of the molecule is O=C(Cl)c1cccc(CS(=O)[O-])c1. The molecule has 5 heteroatoms. The summed E-state index contributed by atoms with van der Waals surface area (Å²) in [5.41, 5.74) is 0.865. The Kier molecular flexibility index (Phi) is 3.59. The summed E-state index contributed by atoms with van der Waals surface area (Å²) in [5.74, 6) is -0.0992. The van der Waals surface area contributed by atoms with Crippen molar-refractivity contribution in [1.82, 2.24) is 0 Å². The molecule has 0 aliphatic heterocycles. The molecule has 3 nitrogen and oxygen atoms in total. The molecule has 0 amide bonds. The highest BCUT2D eigenvalue weighted by molar-refractivity contribution is 7.78. The van der Waals surface area contributed by atoms with Crippen molar-refractivity contribution in [3.8, 4) is 0 Å². The number of rotatable bonds is 3. The van der Waals surface area contributed by atoms with E-state index in [4.69, 9.17) is 11.6 Å². The van der Waals surface area contributed by atoms with Gasteiger partial charge in [-0.15, -0.1) is 0 Å². The molecule has 13 heavy (non-hydrogen) atoms. The van der Waals surface area contributed by atoms with E-state index in [1.54, 1.807) is 12.1 Å². The minimum absolute atomic E-state index is 0.0992. The molecule has 1 aromatic carbocycles. The van der Waals surface area contributed by atoms with Crippen LogP contribution in [0.1, 0.15) is 15.9 Å². The van der Waals surface area contributed by atoms with Crippen molar-refractivity contribution in [2.75, 3.05) is 0 Å². The first-order chi connectivity index (χ1) is 6.09. The van der Waals surface area contributed by atoms with Gasteiger partial charge in [0.25, 0.3) is 5.24 Å². The van der Waals surface area contributed by atoms with Gasteiger partial charge in [-0.3, -0.25) is 9.00 Å². The highest BCUT2D eigenvalue weighted by Gasteiger charge is 2.01. The molecule has 70 valence electrons. The van der Waals surface area contributed by atoms with Gasteiger partial charge in [0.05, 0.1) is 0 Å². The second kappa shape index (κ2) is 4.50. The maximum absolute atomic E-state index is 10.7. The Morgan fingerprint density at radius 1 is 1.54 bits per heavy atom. The third-order valence-corrected chi connectivity index (χ3v) is 2.23. The topological polar surface area (TPSA) is 57.2 Å². The minimum Gasteiger partial charge on any atom is -0.772 e. The molecule has 0 radical (unpaired) electrons. The third-order valence-electron chi connectivity index (χ3n) is 1.44. The number of carbonyl (C=O) groups excluding carboxylic acids is 1. The molecular weight excluding hydrogens is 212 g/mol. The van der Waals surface area contributed by atoms with E-state index in [1.807, 2.05) is 0 Å². The smallest absolute Gasteiger partial charge is 0.252 e. The van der Waals surface area contributed by atoms with Gasteiger partial charge >= 0.3 is 0 Å². The van der Waals surface area contributed by atoms with Gasteiger partial charge in [-0.2, -0.15) is 0 Å². The Hall–Kier alpha value is -0.710. The first kappa shape index (κ1) is 10.4. The molecule has 1 atom stereocenters. The number of carbonyl (C=O) groups is 1. The lowest BCUT2D eigenvalue weighted by molar-refractivity contribution is 0.108. The molecular formula is C8H6ClO3S-. The zero-order chi connectivity index (χ0) is 9.84. The molecule has 0 fully saturated rings. The second-order valence-electron chi connectivity index (χ2n) is 2.42. The van der Waals surface area contributed by atoms with Gasteiger partial charge in [0.2, 0.25) is 0 Å². The molecule has 0 saturated carbocycles. The highest BCUT2D eigenvalue weighted by Crippen LogP contribution is 2.09. The maximum atomic E-state index is 10.7. The Bertz CT molecular complexity index is 351. The predicted molar refractivity (Wildman–Crippen MR) is 49.2 cm³/mol. The van der Waals surface area contributed by atoms with Crippen LogP contribution >= 0.6 is 11.6 Å². The lowest BCUT2D eigenvalue weighted by Gasteiger charge is -2.05. The molecule has 1 unspecified atom stereocenters. The summed E-state index contributed by atoms with van der Waals surface area (Å²) in [6.45, 7) is 0. The van der Waals surface area contributed by atoms with Crippen LogP contribution in [-0.4, -0.2) is 14.0 Å². The Labute approximate surface area is 83.0 Å². The molecule has 0 aromatic heterocycles. The van der Waals surface area contributed by atoms with Crippen LogP contribution in [0.3, 0.4) is 0 Å². The Morgan fingerprint density at radius 3 is 2.77 bits per heavy atom. The van der Waals surface area contributed by atoms with E-state index in [0.29, 0.717) is 11.1 Å². The van der Waals surface area contributed by atoms with E-state index in [9.17, 15) is 13.6 Å². The Balaban J connectivity index is 2.91. The van der Waals surface area contributed by atoms with Crippen molar-refractivity contribution >= 4 is 27.9 Å². The van der Waals surface area contributed by atoms with E-state index < -0.39 is 16.3 Å². The van der Waals surface area contributed by atoms with Crippen LogP contribution in [-0.2, 0) is 16.8 Å². The van der Waals surface area contributed by atoms with Gasteiger partial charge in [-0.1, -0.05) is 29.3 Å². The first-order valence-corrected chi connectivity index (χ1v) is 5.06. The van der Waals surface area contributed by atoms with Crippen LogP contribution in [0.5, 0.6) is 0 Å². The molecule has 0 spiro atoms. The van der Waals surface area contributed by atoms with E-state index in [0.717, 1.165) is 0 Å². The summed E-state index contributed by atoms with van der Waals surface area (Å²) in [7, 11) is 0. The van der Waals surface area contributed by atoms with Gasteiger partial charge in [-0.05, 0) is 23.2 Å². The fourth-order valence-electron chi connectivity index (χ4n) is 0.919. The van der Waals surface area contributed by atoms with Gasteiger partial charge in [0.15, 0.2) is 0 Å². The standard InChI is InChI=1S/C8H7ClO3S/c9-8(10)7-3-1-2-6(4-7)5-13(11)12/h1-4H,5H2,(H,11,12)/p-1. The minimum atomic E-state index is -2.14. The summed E-state index contributed by atoms with van der Waals surface area (Å²) >= 11 is 3.08. The van der Waals surface area contributed by atoms with Crippen LogP contribution < -0.4 is 0 Å². The molecule has 0 aliphatic carbocycles. The summed E-state index contributed by atoms with van der Waals surface area (Å²) in [4.78, 5) is 10.7. The highest BCUT2D eigenvalue weighted by atomic mass is 35.5. The number of hydrogen-bond donors (Lipinski definition) is 0. The van der Waals surface area contributed by atoms with Crippen LogP contribution in [0.15, 0.2) is 24.3 Å². The van der Waals surface area contributed by atoms with E-state index in [1.165, 1.54) is 12.1 Å². The van der Waals surface area contributed by atoms with Crippen LogP contribution in [0, 0.1) is 0 Å². The van der Waals surface area contributed by atoms with Crippen LogP contribution in [0.2, 0.25) is 0 Å². The molecule has 1 aromatic rings. The second-order valence-corrected chi connectivity index (χ2v) is 3.66. The third kappa shape index (κ3) is 3.26. The molecule has 0 bridgehead atoms. The van der Waals surface area contributed by atoms with Crippen LogP contribution in [0.25, 0.3) is 0 Å². The van der Waals surface area contributed by atoms with Gasteiger partial charge in [-0.25, -0.2) is 0 Å². The van der Waals surface area contributed by atoms with Gasteiger partial charge in [0.1, 0.15) is 0 Å². The Morgan fingerprint density at radius 2 is 2.23 bits per heavy atom. The zero-order valence-corrected chi connectivity index (χ0v) is 8.10.